The summed E-state index contributed by atoms with van der Waals surface area (Å²) >= 11 is 3.42. The molecule has 0 saturated heterocycles. The van der Waals surface area contributed by atoms with Crippen molar-refractivity contribution >= 4 is 33.2 Å². The Kier molecular flexibility index (Phi) is 4.54. The van der Waals surface area contributed by atoms with E-state index < -0.39 is 0 Å². The number of carbonyl (C=O) groups is 1. The minimum atomic E-state index is -0.0467. The van der Waals surface area contributed by atoms with Crippen molar-refractivity contribution < 1.29 is 4.79 Å². The van der Waals surface area contributed by atoms with Gasteiger partial charge < -0.3 is 9.30 Å². The second-order valence-electron chi connectivity index (χ2n) is 5.91. The van der Waals surface area contributed by atoms with Gasteiger partial charge in [-0.2, -0.15) is 0 Å². The predicted molar refractivity (Wildman–Crippen MR) is 106 cm³/mol. The molecule has 128 valence electrons. The van der Waals surface area contributed by atoms with Crippen LogP contribution in [-0.4, -0.2) is 15.3 Å². The quantitative estimate of drug-likeness (QED) is 0.481. The van der Waals surface area contributed by atoms with Gasteiger partial charge in [0, 0.05) is 21.9 Å². The minimum absolute atomic E-state index is 0.0467. The Morgan fingerprint density at radius 2 is 1.69 bits per heavy atom. The Hall–Kier alpha value is -2.92. The molecule has 0 N–H and O–H groups in total. The maximum absolute atomic E-state index is 13.2. The van der Waals surface area contributed by atoms with E-state index in [9.17, 15) is 4.79 Å². The molecule has 5 heteroatoms. The van der Waals surface area contributed by atoms with Crippen LogP contribution in [0.5, 0.6) is 0 Å². The Labute approximate surface area is 159 Å². The van der Waals surface area contributed by atoms with Gasteiger partial charge >= 0.3 is 0 Å². The van der Waals surface area contributed by atoms with Crippen LogP contribution in [0.3, 0.4) is 0 Å². The summed E-state index contributed by atoms with van der Waals surface area (Å²) in [5.74, 6) is -0.0467. The summed E-state index contributed by atoms with van der Waals surface area (Å²) in [6.45, 7) is 0.435. The first-order chi connectivity index (χ1) is 12.7. The first-order valence-electron chi connectivity index (χ1n) is 8.26. The van der Waals surface area contributed by atoms with Crippen LogP contribution in [0.15, 0.2) is 89.7 Å². The molecule has 0 radical (unpaired) electrons. The average molecular weight is 406 g/mol. The summed E-state index contributed by atoms with van der Waals surface area (Å²) in [5.41, 5.74) is 3.32. The molecule has 0 atom stereocenters. The Bertz CT molecular complexity index is 1040. The van der Waals surface area contributed by atoms with E-state index in [-0.39, 0.29) is 5.91 Å². The van der Waals surface area contributed by atoms with Gasteiger partial charge in [0.1, 0.15) is 5.65 Å². The lowest BCUT2D eigenvalue weighted by Gasteiger charge is -2.23. The Morgan fingerprint density at radius 3 is 2.46 bits per heavy atom. The standard InChI is InChI=1S/C21H16BrN3O/c22-17-11-9-16(10-12-17)21(26)25(18-6-2-1-3-7-18)15-19-14-23-20-8-4-5-13-24(19)20/h1-14H,15H2. The highest BCUT2D eigenvalue weighted by atomic mass is 79.9. The summed E-state index contributed by atoms with van der Waals surface area (Å²) in [7, 11) is 0. The zero-order valence-electron chi connectivity index (χ0n) is 13.9. The molecule has 0 fully saturated rings. The minimum Gasteiger partial charge on any atom is -0.302 e. The van der Waals surface area contributed by atoms with Crippen molar-refractivity contribution in [2.45, 2.75) is 6.54 Å². The normalized spacial score (nSPS) is 10.8. The van der Waals surface area contributed by atoms with Gasteiger partial charge in [0.05, 0.1) is 18.4 Å². The first-order valence-corrected chi connectivity index (χ1v) is 9.05. The molecule has 0 aliphatic carbocycles. The largest absolute Gasteiger partial charge is 0.302 e. The third-order valence-corrected chi connectivity index (χ3v) is 4.75. The number of imidazole rings is 1. The van der Waals surface area contributed by atoms with Gasteiger partial charge in [0.2, 0.25) is 0 Å². The van der Waals surface area contributed by atoms with Crippen LogP contribution in [0.4, 0.5) is 5.69 Å². The molecule has 0 bridgehead atoms. The molecule has 0 aliphatic heterocycles. The zero-order chi connectivity index (χ0) is 17.9. The number of benzene rings is 2. The van der Waals surface area contributed by atoms with E-state index in [0.29, 0.717) is 12.1 Å². The number of pyridine rings is 1. The average Bonchev–Trinajstić information content (AvgIpc) is 3.10. The van der Waals surface area contributed by atoms with Crippen LogP contribution in [0.25, 0.3) is 5.65 Å². The number of rotatable bonds is 4. The van der Waals surface area contributed by atoms with E-state index in [1.165, 1.54) is 0 Å². The zero-order valence-corrected chi connectivity index (χ0v) is 15.5. The fourth-order valence-electron chi connectivity index (χ4n) is 2.90. The Balaban J connectivity index is 1.74. The SMILES string of the molecule is O=C(c1ccc(Br)cc1)N(Cc1cnc2ccccn12)c1ccccc1. The number of halogens is 1. The smallest absolute Gasteiger partial charge is 0.258 e. The molecule has 4 aromatic rings. The number of aromatic nitrogens is 2. The van der Waals surface area contributed by atoms with Crippen molar-refractivity contribution in [2.24, 2.45) is 0 Å². The van der Waals surface area contributed by atoms with E-state index >= 15 is 0 Å². The van der Waals surface area contributed by atoms with Crippen LogP contribution in [0, 0.1) is 0 Å². The molecular formula is C21H16BrN3O. The van der Waals surface area contributed by atoms with Crippen LogP contribution < -0.4 is 4.90 Å². The molecule has 1 amide bonds. The van der Waals surface area contributed by atoms with Gasteiger partial charge in [0.25, 0.3) is 5.91 Å². The molecule has 0 aliphatic rings. The van der Waals surface area contributed by atoms with E-state index in [2.05, 4.69) is 20.9 Å². The molecule has 4 rings (SSSR count). The van der Waals surface area contributed by atoms with Crippen molar-refractivity contribution in [2.75, 3.05) is 4.90 Å². The molecule has 0 unspecified atom stereocenters. The van der Waals surface area contributed by atoms with E-state index in [1.807, 2.05) is 89.6 Å². The van der Waals surface area contributed by atoms with Gasteiger partial charge in [-0.25, -0.2) is 4.98 Å². The summed E-state index contributed by atoms with van der Waals surface area (Å²) in [5, 5.41) is 0. The topological polar surface area (TPSA) is 37.6 Å². The fourth-order valence-corrected chi connectivity index (χ4v) is 3.16. The van der Waals surface area contributed by atoms with E-state index in [4.69, 9.17) is 0 Å². The molecule has 2 heterocycles. The van der Waals surface area contributed by atoms with Crippen molar-refractivity contribution in [3.8, 4) is 0 Å². The van der Waals surface area contributed by atoms with Gasteiger partial charge in [-0.05, 0) is 48.5 Å². The van der Waals surface area contributed by atoms with Crippen LogP contribution in [0.1, 0.15) is 16.1 Å². The van der Waals surface area contributed by atoms with Crippen molar-refractivity contribution in [3.63, 3.8) is 0 Å². The highest BCUT2D eigenvalue weighted by molar-refractivity contribution is 9.10. The summed E-state index contributed by atoms with van der Waals surface area (Å²) in [6.07, 6.45) is 3.78. The number of carbonyl (C=O) groups excluding carboxylic acids is 1. The number of hydrogen-bond acceptors (Lipinski definition) is 2. The van der Waals surface area contributed by atoms with E-state index in [1.54, 1.807) is 4.90 Å². The van der Waals surface area contributed by atoms with Crippen LogP contribution in [0.2, 0.25) is 0 Å². The molecule has 26 heavy (non-hydrogen) atoms. The van der Waals surface area contributed by atoms with Gasteiger partial charge in [-0.15, -0.1) is 0 Å². The molecule has 0 saturated carbocycles. The number of anilines is 1. The molecule has 2 aromatic carbocycles. The van der Waals surface area contributed by atoms with Crippen molar-refractivity contribution in [3.05, 3.63) is 101 Å². The van der Waals surface area contributed by atoms with Crippen molar-refractivity contribution in [1.82, 2.24) is 9.38 Å². The van der Waals surface area contributed by atoms with Crippen LogP contribution in [-0.2, 0) is 6.54 Å². The second kappa shape index (κ2) is 7.14. The highest BCUT2D eigenvalue weighted by Crippen LogP contribution is 2.21. The predicted octanol–water partition coefficient (Wildman–Crippen LogP) is 4.94. The molecular weight excluding hydrogens is 390 g/mol. The summed E-state index contributed by atoms with van der Waals surface area (Å²) in [6, 6.07) is 23.0. The van der Waals surface area contributed by atoms with Gasteiger partial charge in [-0.3, -0.25) is 4.79 Å². The third-order valence-electron chi connectivity index (χ3n) is 4.22. The monoisotopic (exact) mass is 405 g/mol. The number of amides is 1. The lowest BCUT2D eigenvalue weighted by atomic mass is 10.1. The number of para-hydroxylation sites is 1. The summed E-state index contributed by atoms with van der Waals surface area (Å²) in [4.78, 5) is 19.4. The second-order valence-corrected chi connectivity index (χ2v) is 6.83. The van der Waals surface area contributed by atoms with Crippen LogP contribution >= 0.6 is 15.9 Å². The fraction of sp³-hybridized carbons (Fsp3) is 0.0476. The maximum Gasteiger partial charge on any atom is 0.258 e. The Morgan fingerprint density at radius 1 is 0.962 bits per heavy atom. The molecule has 2 aromatic heterocycles. The van der Waals surface area contributed by atoms with Gasteiger partial charge in [0.15, 0.2) is 0 Å². The number of hydrogen-bond donors (Lipinski definition) is 0. The van der Waals surface area contributed by atoms with E-state index in [0.717, 1.165) is 21.5 Å². The first kappa shape index (κ1) is 16.5. The maximum atomic E-state index is 13.2. The molecule has 4 nitrogen and oxygen atoms in total. The van der Waals surface area contributed by atoms with Gasteiger partial charge in [-0.1, -0.05) is 40.2 Å². The third kappa shape index (κ3) is 3.26. The lowest BCUT2D eigenvalue weighted by molar-refractivity contribution is 0.0984. The lowest BCUT2D eigenvalue weighted by Crippen LogP contribution is -2.30. The number of fused-ring (bicyclic) bond motifs is 1. The summed E-state index contributed by atoms with van der Waals surface area (Å²) < 4.78 is 2.95. The van der Waals surface area contributed by atoms with Crippen molar-refractivity contribution in [1.29, 1.82) is 0 Å². The number of nitrogens with zero attached hydrogens (tertiary/aromatic N) is 3. The highest BCUT2D eigenvalue weighted by Gasteiger charge is 2.19. The molecule has 0 spiro atoms.